The van der Waals surface area contributed by atoms with Gasteiger partial charge in [-0.1, -0.05) is 19.3 Å². The maximum atomic E-state index is 12.6. The summed E-state index contributed by atoms with van der Waals surface area (Å²) in [4.78, 5) is 33.8. The van der Waals surface area contributed by atoms with Crippen LogP contribution in [0.4, 0.5) is 0 Å². The monoisotopic (exact) mass is 288 g/mol. The molecule has 2 heterocycles. The summed E-state index contributed by atoms with van der Waals surface area (Å²) >= 11 is 0. The lowest BCUT2D eigenvalue weighted by Crippen LogP contribution is -2.41. The first-order valence-electron chi connectivity index (χ1n) is 7.58. The number of carbonyl (C=O) groups is 2. The highest BCUT2D eigenvalue weighted by atomic mass is 16.2. The third kappa shape index (κ3) is 2.89. The smallest absolute Gasteiger partial charge is 0.286 e. The number of nitrogens with zero attached hydrogens (tertiary/aromatic N) is 3. The van der Waals surface area contributed by atoms with Crippen molar-refractivity contribution >= 4 is 11.8 Å². The predicted molar refractivity (Wildman–Crippen MR) is 76.2 cm³/mol. The summed E-state index contributed by atoms with van der Waals surface area (Å²) in [5.41, 5.74) is 6.98. The molecule has 21 heavy (non-hydrogen) atoms. The number of fused-ring (bicyclic) bond motifs is 1. The van der Waals surface area contributed by atoms with Crippen LogP contribution in [-0.4, -0.2) is 33.2 Å². The van der Waals surface area contributed by atoms with Gasteiger partial charge >= 0.3 is 0 Å². The van der Waals surface area contributed by atoms with Crippen LogP contribution in [0.3, 0.4) is 0 Å². The molecule has 6 nitrogen and oxygen atoms in total. The third-order valence-corrected chi connectivity index (χ3v) is 4.43. The molecule has 0 unspecified atom stereocenters. The second kappa shape index (κ2) is 5.79. The minimum absolute atomic E-state index is 0.0284. The molecule has 0 bridgehead atoms. The molecule has 1 aromatic heterocycles. The fourth-order valence-corrected chi connectivity index (χ4v) is 3.22. The van der Waals surface area contributed by atoms with Crippen molar-refractivity contribution < 1.29 is 9.59 Å². The average Bonchev–Trinajstić information content (AvgIpc) is 2.54. The number of aromatic nitrogens is 2. The van der Waals surface area contributed by atoms with Gasteiger partial charge in [0.1, 0.15) is 0 Å². The van der Waals surface area contributed by atoms with Crippen molar-refractivity contribution in [3.8, 4) is 0 Å². The Morgan fingerprint density at radius 2 is 2.00 bits per heavy atom. The number of hydrogen-bond acceptors (Lipinski definition) is 4. The zero-order valence-corrected chi connectivity index (χ0v) is 12.0. The Morgan fingerprint density at radius 3 is 2.71 bits per heavy atom. The van der Waals surface area contributed by atoms with E-state index in [4.69, 9.17) is 5.73 Å². The van der Waals surface area contributed by atoms with Crippen molar-refractivity contribution in [2.24, 2.45) is 11.7 Å². The summed E-state index contributed by atoms with van der Waals surface area (Å²) in [5.74, 6) is -0.202. The lowest BCUT2D eigenvalue weighted by molar-refractivity contribution is -0.137. The highest BCUT2D eigenvalue weighted by Crippen LogP contribution is 2.27. The van der Waals surface area contributed by atoms with Crippen LogP contribution < -0.4 is 5.73 Å². The molecule has 1 aromatic rings. The minimum Gasteiger partial charge on any atom is -0.363 e. The lowest BCUT2D eigenvalue weighted by Gasteiger charge is -2.32. The van der Waals surface area contributed by atoms with Gasteiger partial charge in [0.05, 0.1) is 12.2 Å². The molecule has 0 atom stereocenters. The summed E-state index contributed by atoms with van der Waals surface area (Å²) < 4.78 is 0. The number of hydrogen-bond donors (Lipinski definition) is 1. The van der Waals surface area contributed by atoms with Gasteiger partial charge in [-0.2, -0.15) is 0 Å². The van der Waals surface area contributed by atoms with Crippen molar-refractivity contribution in [2.45, 2.75) is 45.1 Å². The van der Waals surface area contributed by atoms with Gasteiger partial charge in [-0.25, -0.2) is 9.97 Å². The van der Waals surface area contributed by atoms with Gasteiger partial charge in [0.25, 0.3) is 5.91 Å². The first-order valence-corrected chi connectivity index (χ1v) is 7.58. The largest absolute Gasteiger partial charge is 0.363 e. The number of amides is 2. The Hall–Kier alpha value is -1.98. The fraction of sp³-hybridized carbons (Fsp3) is 0.600. The van der Waals surface area contributed by atoms with E-state index >= 15 is 0 Å². The second-order valence-corrected chi connectivity index (χ2v) is 5.87. The standard InChI is InChI=1S/C15H20N4O2/c16-13(20)14-17-8-11-6-7-19(9-12(11)18-14)15(21)10-4-2-1-3-5-10/h8,10H,1-7,9H2,(H2,16,20). The van der Waals surface area contributed by atoms with Crippen LogP contribution in [0.25, 0.3) is 0 Å². The van der Waals surface area contributed by atoms with Crippen molar-refractivity contribution in [1.29, 1.82) is 0 Å². The number of carbonyl (C=O) groups excluding carboxylic acids is 2. The molecule has 6 heteroatoms. The van der Waals surface area contributed by atoms with Gasteiger partial charge in [-0.3, -0.25) is 9.59 Å². The van der Waals surface area contributed by atoms with E-state index in [0.29, 0.717) is 13.1 Å². The van der Waals surface area contributed by atoms with Gasteiger partial charge < -0.3 is 10.6 Å². The first kappa shape index (κ1) is 14.0. The SMILES string of the molecule is NC(=O)c1ncc2c(n1)CN(C(=O)C1CCCCC1)CC2. The van der Waals surface area contributed by atoms with Crippen molar-refractivity contribution in [1.82, 2.24) is 14.9 Å². The summed E-state index contributed by atoms with van der Waals surface area (Å²) in [6, 6.07) is 0. The molecule has 1 aliphatic carbocycles. The molecule has 2 amide bonds. The number of rotatable bonds is 2. The normalized spacial score (nSPS) is 19.1. The van der Waals surface area contributed by atoms with E-state index < -0.39 is 5.91 Å². The summed E-state index contributed by atoms with van der Waals surface area (Å²) in [7, 11) is 0. The van der Waals surface area contributed by atoms with Gasteiger partial charge in [0, 0.05) is 18.7 Å². The van der Waals surface area contributed by atoms with E-state index in [-0.39, 0.29) is 17.6 Å². The maximum Gasteiger partial charge on any atom is 0.286 e. The molecule has 2 aliphatic rings. The molecular weight excluding hydrogens is 268 g/mol. The van der Waals surface area contributed by atoms with E-state index in [0.717, 1.165) is 43.4 Å². The molecule has 3 rings (SSSR count). The Labute approximate surface area is 123 Å². The molecule has 112 valence electrons. The maximum absolute atomic E-state index is 12.6. The van der Waals surface area contributed by atoms with Gasteiger partial charge in [0.15, 0.2) is 0 Å². The fourth-order valence-electron chi connectivity index (χ4n) is 3.22. The zero-order valence-electron chi connectivity index (χ0n) is 12.0. The van der Waals surface area contributed by atoms with Crippen LogP contribution in [0, 0.1) is 5.92 Å². The van der Waals surface area contributed by atoms with E-state index in [1.165, 1.54) is 6.42 Å². The molecule has 1 saturated carbocycles. The van der Waals surface area contributed by atoms with Crippen molar-refractivity contribution in [2.75, 3.05) is 6.54 Å². The molecule has 0 radical (unpaired) electrons. The molecule has 2 N–H and O–H groups in total. The average molecular weight is 288 g/mol. The van der Waals surface area contributed by atoms with Crippen LogP contribution in [-0.2, 0) is 17.8 Å². The molecule has 0 aromatic carbocycles. The Bertz CT molecular complexity index is 567. The van der Waals surface area contributed by atoms with Crippen molar-refractivity contribution in [3.63, 3.8) is 0 Å². The van der Waals surface area contributed by atoms with E-state index in [1.807, 2.05) is 4.90 Å². The highest BCUT2D eigenvalue weighted by molar-refractivity contribution is 5.88. The second-order valence-electron chi connectivity index (χ2n) is 5.87. The Kier molecular flexibility index (Phi) is 3.86. The zero-order chi connectivity index (χ0) is 14.8. The van der Waals surface area contributed by atoms with Gasteiger partial charge in [-0.15, -0.1) is 0 Å². The van der Waals surface area contributed by atoms with Crippen LogP contribution in [0.1, 0.15) is 54.0 Å². The molecule has 0 spiro atoms. The topological polar surface area (TPSA) is 89.2 Å². The summed E-state index contributed by atoms with van der Waals surface area (Å²) in [6.45, 7) is 1.18. The van der Waals surface area contributed by atoms with E-state index in [9.17, 15) is 9.59 Å². The van der Waals surface area contributed by atoms with Crippen molar-refractivity contribution in [3.05, 3.63) is 23.3 Å². The number of nitrogens with two attached hydrogens (primary N) is 1. The summed E-state index contributed by atoms with van der Waals surface area (Å²) in [5, 5.41) is 0. The number of primary amides is 1. The molecule has 1 aliphatic heterocycles. The first-order chi connectivity index (χ1) is 10.1. The van der Waals surface area contributed by atoms with E-state index in [2.05, 4.69) is 9.97 Å². The Balaban J connectivity index is 1.75. The summed E-state index contributed by atoms with van der Waals surface area (Å²) in [6.07, 6.45) is 7.93. The predicted octanol–water partition coefficient (Wildman–Crippen LogP) is 1.04. The van der Waals surface area contributed by atoms with Gasteiger partial charge in [-0.05, 0) is 24.8 Å². The van der Waals surface area contributed by atoms with Crippen LogP contribution in [0.15, 0.2) is 6.20 Å². The Morgan fingerprint density at radius 1 is 1.24 bits per heavy atom. The highest BCUT2D eigenvalue weighted by Gasteiger charge is 2.29. The van der Waals surface area contributed by atoms with Crippen LogP contribution in [0.2, 0.25) is 0 Å². The lowest BCUT2D eigenvalue weighted by atomic mass is 9.88. The quantitative estimate of drug-likeness (QED) is 0.880. The molecule has 1 fully saturated rings. The van der Waals surface area contributed by atoms with Crippen LogP contribution >= 0.6 is 0 Å². The molecular formula is C15H20N4O2. The van der Waals surface area contributed by atoms with Gasteiger partial charge in [0.2, 0.25) is 11.7 Å². The van der Waals surface area contributed by atoms with E-state index in [1.54, 1.807) is 6.20 Å². The minimum atomic E-state index is -0.631. The molecule has 0 saturated heterocycles. The third-order valence-electron chi connectivity index (χ3n) is 4.43. The van der Waals surface area contributed by atoms with Crippen LogP contribution in [0.5, 0.6) is 0 Å².